The predicted molar refractivity (Wildman–Crippen MR) is 89.9 cm³/mol. The number of methoxy groups -OCH3 is 1. The van der Waals surface area contributed by atoms with Crippen molar-refractivity contribution in [3.63, 3.8) is 0 Å². The summed E-state index contributed by atoms with van der Waals surface area (Å²) < 4.78 is 4.68. The molecule has 0 aliphatic rings. The van der Waals surface area contributed by atoms with Crippen molar-refractivity contribution in [1.82, 2.24) is 0 Å². The number of nitriles is 2. The van der Waals surface area contributed by atoms with E-state index in [1.807, 2.05) is 42.5 Å². The summed E-state index contributed by atoms with van der Waals surface area (Å²) in [5.74, 6) is -0.302. The average molecular weight is 318 g/mol. The van der Waals surface area contributed by atoms with E-state index in [4.69, 9.17) is 0 Å². The highest BCUT2D eigenvalue weighted by atomic mass is 16.5. The molecule has 0 radical (unpaired) electrons. The average Bonchev–Trinajstić information content (AvgIpc) is 2.66. The molecular formula is C20H18N2O2. The molecule has 24 heavy (non-hydrogen) atoms. The normalized spacial score (nSPS) is 12.5. The Bertz CT molecular complexity index is 787. The largest absolute Gasteiger partial charge is 0.469 e. The zero-order valence-corrected chi connectivity index (χ0v) is 13.5. The molecule has 0 amide bonds. The summed E-state index contributed by atoms with van der Waals surface area (Å²) in [5, 5.41) is 19.5. The summed E-state index contributed by atoms with van der Waals surface area (Å²) in [5.41, 5.74) is 0.994. The van der Waals surface area contributed by atoms with Gasteiger partial charge in [-0.05, 0) is 30.0 Å². The van der Waals surface area contributed by atoms with Crippen LogP contribution in [0.4, 0.5) is 0 Å². The van der Waals surface area contributed by atoms with Gasteiger partial charge in [-0.25, -0.2) is 0 Å². The van der Waals surface area contributed by atoms with E-state index in [0.717, 1.165) is 5.56 Å². The van der Waals surface area contributed by atoms with Gasteiger partial charge >= 0.3 is 5.97 Å². The molecule has 120 valence electrons. The number of esters is 1. The van der Waals surface area contributed by atoms with Crippen molar-refractivity contribution < 1.29 is 9.53 Å². The van der Waals surface area contributed by atoms with Crippen molar-refractivity contribution in [1.29, 1.82) is 10.5 Å². The quantitative estimate of drug-likeness (QED) is 0.761. The molecule has 2 aromatic carbocycles. The minimum absolute atomic E-state index is 0.238. The molecule has 4 heteroatoms. The third-order valence-electron chi connectivity index (χ3n) is 4.13. The molecule has 0 spiro atoms. The van der Waals surface area contributed by atoms with Crippen LogP contribution in [-0.2, 0) is 14.9 Å². The molecule has 0 unspecified atom stereocenters. The van der Waals surface area contributed by atoms with Gasteiger partial charge in [0.1, 0.15) is 5.41 Å². The number of nitrogens with zero attached hydrogens (tertiary/aromatic N) is 2. The number of carbonyl (C=O) groups excluding carboxylic acids is 1. The molecule has 0 saturated carbocycles. The fourth-order valence-electron chi connectivity index (χ4n) is 2.89. The Balaban J connectivity index is 2.51. The smallest absolute Gasteiger partial charge is 0.305 e. The number of ether oxygens (including phenoxy) is 1. The van der Waals surface area contributed by atoms with Gasteiger partial charge in [0, 0.05) is 6.42 Å². The van der Waals surface area contributed by atoms with Gasteiger partial charge in [-0.1, -0.05) is 48.5 Å². The summed E-state index contributed by atoms with van der Waals surface area (Å²) in [6, 6.07) is 21.1. The number of hydrogen-bond donors (Lipinski definition) is 0. The first kappa shape index (κ1) is 17.2. The number of benzene rings is 2. The summed E-state index contributed by atoms with van der Waals surface area (Å²) in [6.45, 7) is 0. The van der Waals surface area contributed by atoms with E-state index in [0.29, 0.717) is 24.0 Å². The Morgan fingerprint density at radius 2 is 1.75 bits per heavy atom. The maximum Gasteiger partial charge on any atom is 0.305 e. The van der Waals surface area contributed by atoms with Gasteiger partial charge in [-0.2, -0.15) is 10.5 Å². The van der Waals surface area contributed by atoms with E-state index in [-0.39, 0.29) is 12.4 Å². The predicted octanol–water partition coefficient (Wildman–Crippen LogP) is 3.71. The molecular weight excluding hydrogens is 300 g/mol. The van der Waals surface area contributed by atoms with Gasteiger partial charge in [0.25, 0.3) is 0 Å². The first-order chi connectivity index (χ1) is 11.7. The molecule has 0 aliphatic heterocycles. The highest BCUT2D eigenvalue weighted by Gasteiger charge is 2.36. The SMILES string of the molecule is COC(=O)CCC[C@@](C#N)(c1ccccc1)c1ccccc1C#N. The van der Waals surface area contributed by atoms with Crippen molar-refractivity contribution in [2.75, 3.05) is 7.11 Å². The first-order valence-electron chi connectivity index (χ1n) is 7.71. The Morgan fingerprint density at radius 3 is 2.38 bits per heavy atom. The Labute approximate surface area is 141 Å². The van der Waals surface area contributed by atoms with Crippen LogP contribution >= 0.6 is 0 Å². The van der Waals surface area contributed by atoms with Gasteiger partial charge in [-0.15, -0.1) is 0 Å². The molecule has 2 aromatic rings. The third-order valence-corrected chi connectivity index (χ3v) is 4.13. The van der Waals surface area contributed by atoms with Crippen molar-refractivity contribution in [2.24, 2.45) is 0 Å². The molecule has 0 aliphatic carbocycles. The van der Waals surface area contributed by atoms with Gasteiger partial charge in [0.15, 0.2) is 0 Å². The number of carbonyl (C=O) groups is 1. The van der Waals surface area contributed by atoms with E-state index in [9.17, 15) is 15.3 Å². The third kappa shape index (κ3) is 3.45. The molecule has 0 fully saturated rings. The zero-order chi connectivity index (χ0) is 17.4. The standard InChI is InChI=1S/C20H18N2O2/c1-24-19(23)12-7-13-20(15-22,17-9-3-2-4-10-17)18-11-6-5-8-16(18)14-21/h2-6,8-11H,7,12-13H2,1H3/t20-/m1/s1. The van der Waals surface area contributed by atoms with E-state index >= 15 is 0 Å². The topological polar surface area (TPSA) is 73.9 Å². The highest BCUT2D eigenvalue weighted by Crippen LogP contribution is 2.38. The molecule has 0 saturated heterocycles. The molecule has 1 atom stereocenters. The maximum absolute atomic E-state index is 11.4. The van der Waals surface area contributed by atoms with Crippen LogP contribution in [0.3, 0.4) is 0 Å². The van der Waals surface area contributed by atoms with Crippen LogP contribution < -0.4 is 0 Å². The lowest BCUT2D eigenvalue weighted by molar-refractivity contribution is -0.140. The molecule has 0 heterocycles. The van der Waals surface area contributed by atoms with Crippen LogP contribution in [0.2, 0.25) is 0 Å². The molecule has 0 N–H and O–H groups in total. The fourth-order valence-corrected chi connectivity index (χ4v) is 2.89. The van der Waals surface area contributed by atoms with Gasteiger partial charge in [-0.3, -0.25) is 4.79 Å². The fraction of sp³-hybridized carbons (Fsp3) is 0.250. The Morgan fingerprint density at radius 1 is 1.08 bits per heavy atom. The second-order valence-corrected chi connectivity index (χ2v) is 5.47. The van der Waals surface area contributed by atoms with Crippen LogP contribution in [0.15, 0.2) is 54.6 Å². The lowest BCUT2D eigenvalue weighted by Gasteiger charge is -2.28. The molecule has 2 rings (SSSR count). The summed E-state index contributed by atoms with van der Waals surface area (Å²) in [7, 11) is 1.35. The Kier molecular flexibility index (Phi) is 5.71. The maximum atomic E-state index is 11.4. The van der Waals surface area contributed by atoms with Crippen molar-refractivity contribution in [3.05, 3.63) is 71.3 Å². The van der Waals surface area contributed by atoms with Crippen molar-refractivity contribution >= 4 is 5.97 Å². The lowest BCUT2D eigenvalue weighted by Crippen LogP contribution is -2.27. The summed E-state index contributed by atoms with van der Waals surface area (Å²) >= 11 is 0. The molecule has 0 aromatic heterocycles. The Hall–Kier alpha value is -3.11. The minimum atomic E-state index is -0.971. The van der Waals surface area contributed by atoms with Crippen LogP contribution in [-0.4, -0.2) is 13.1 Å². The molecule has 4 nitrogen and oxygen atoms in total. The van der Waals surface area contributed by atoms with Crippen LogP contribution in [0.25, 0.3) is 0 Å². The zero-order valence-electron chi connectivity index (χ0n) is 13.5. The van der Waals surface area contributed by atoms with E-state index in [2.05, 4.69) is 16.9 Å². The van der Waals surface area contributed by atoms with E-state index < -0.39 is 5.41 Å². The van der Waals surface area contributed by atoms with Gasteiger partial charge in [0.2, 0.25) is 0 Å². The highest BCUT2D eigenvalue weighted by molar-refractivity contribution is 5.69. The summed E-state index contributed by atoms with van der Waals surface area (Å²) in [6.07, 6.45) is 1.16. The summed E-state index contributed by atoms with van der Waals surface area (Å²) in [4.78, 5) is 11.4. The second-order valence-electron chi connectivity index (χ2n) is 5.47. The second kappa shape index (κ2) is 7.94. The lowest BCUT2D eigenvalue weighted by atomic mass is 9.71. The first-order valence-corrected chi connectivity index (χ1v) is 7.71. The van der Waals surface area contributed by atoms with Crippen molar-refractivity contribution in [2.45, 2.75) is 24.7 Å². The van der Waals surface area contributed by atoms with Gasteiger partial charge < -0.3 is 4.74 Å². The van der Waals surface area contributed by atoms with Crippen LogP contribution in [0.1, 0.15) is 36.0 Å². The van der Waals surface area contributed by atoms with E-state index in [1.54, 1.807) is 12.1 Å². The number of rotatable bonds is 6. The number of hydrogen-bond acceptors (Lipinski definition) is 4. The minimum Gasteiger partial charge on any atom is -0.469 e. The monoisotopic (exact) mass is 318 g/mol. The van der Waals surface area contributed by atoms with Gasteiger partial charge in [0.05, 0.1) is 24.8 Å². The van der Waals surface area contributed by atoms with Crippen molar-refractivity contribution in [3.8, 4) is 12.1 Å². The van der Waals surface area contributed by atoms with Crippen LogP contribution in [0.5, 0.6) is 0 Å². The molecule has 0 bridgehead atoms. The van der Waals surface area contributed by atoms with Crippen LogP contribution in [0, 0.1) is 22.7 Å². The van der Waals surface area contributed by atoms with E-state index in [1.165, 1.54) is 7.11 Å².